The lowest BCUT2D eigenvalue weighted by Gasteiger charge is -2.45. The number of aromatic nitrogens is 2. The highest BCUT2D eigenvalue weighted by atomic mass is 16.5. The van der Waals surface area contributed by atoms with Crippen molar-refractivity contribution in [2.75, 3.05) is 57.2 Å². The van der Waals surface area contributed by atoms with Crippen molar-refractivity contribution in [2.24, 2.45) is 7.05 Å². The van der Waals surface area contributed by atoms with E-state index < -0.39 is 11.9 Å². The molecule has 264 valence electrons. The molecular weight excluding hydrogens is 650 g/mol. The van der Waals surface area contributed by atoms with E-state index >= 15 is 0 Å². The molecule has 1 unspecified atom stereocenters. The van der Waals surface area contributed by atoms with E-state index in [9.17, 15) is 19.2 Å². The molecule has 1 N–H and O–H groups in total. The van der Waals surface area contributed by atoms with Crippen LogP contribution in [0.1, 0.15) is 40.7 Å². The van der Waals surface area contributed by atoms with Gasteiger partial charge in [0.2, 0.25) is 11.8 Å². The minimum Gasteiger partial charge on any atom is -0.496 e. The van der Waals surface area contributed by atoms with Crippen LogP contribution >= 0.6 is 0 Å². The van der Waals surface area contributed by atoms with E-state index in [1.54, 1.807) is 36.9 Å². The van der Waals surface area contributed by atoms with Gasteiger partial charge in [-0.2, -0.15) is 0 Å². The Morgan fingerprint density at radius 1 is 0.961 bits per heavy atom. The molecule has 3 saturated heterocycles. The minimum atomic E-state index is -0.631. The largest absolute Gasteiger partial charge is 0.496 e. The third-order valence-corrected chi connectivity index (χ3v) is 10.9. The number of nitrogens with zero attached hydrogens (tertiary/aromatic N) is 6. The van der Waals surface area contributed by atoms with E-state index in [0.717, 1.165) is 71.7 Å². The molecule has 13 heteroatoms. The molecule has 1 atom stereocenters. The second-order valence-electron chi connectivity index (χ2n) is 13.9. The van der Waals surface area contributed by atoms with Crippen molar-refractivity contribution < 1.29 is 23.9 Å². The molecule has 13 nitrogen and oxygen atoms in total. The van der Waals surface area contributed by atoms with Gasteiger partial charge in [-0.25, -0.2) is 4.98 Å². The number of fused-ring (bicyclic) bond motifs is 2. The zero-order chi connectivity index (χ0) is 35.6. The van der Waals surface area contributed by atoms with Crippen molar-refractivity contribution in [1.82, 2.24) is 24.7 Å². The molecule has 3 amide bonds. The number of likely N-dealkylation sites (N-methyl/N-ethyl adjacent to an activating group) is 1. The van der Waals surface area contributed by atoms with Gasteiger partial charge in [-0.15, -0.1) is 0 Å². The number of hydrogen-bond acceptors (Lipinski definition) is 10. The first-order valence-electron chi connectivity index (χ1n) is 17.4. The van der Waals surface area contributed by atoms with Crippen LogP contribution < -0.4 is 30.1 Å². The zero-order valence-electron chi connectivity index (χ0n) is 29.3. The molecule has 2 aromatic heterocycles. The maximum Gasteiger partial charge on any atom is 0.259 e. The zero-order valence-corrected chi connectivity index (χ0v) is 29.3. The summed E-state index contributed by atoms with van der Waals surface area (Å²) in [5.74, 6) is 1.41. The molecule has 4 aromatic rings. The number of imide groups is 1. The van der Waals surface area contributed by atoms with Gasteiger partial charge in [0.1, 0.15) is 23.4 Å². The van der Waals surface area contributed by atoms with Gasteiger partial charge in [-0.1, -0.05) is 6.07 Å². The predicted octanol–water partition coefficient (Wildman–Crippen LogP) is 2.91. The van der Waals surface area contributed by atoms with E-state index in [0.29, 0.717) is 42.0 Å². The summed E-state index contributed by atoms with van der Waals surface area (Å²) in [6.45, 7) is 4.50. The highest BCUT2D eigenvalue weighted by Crippen LogP contribution is 2.40. The Balaban J connectivity index is 0.989. The molecule has 0 bridgehead atoms. The smallest absolute Gasteiger partial charge is 0.259 e. The Morgan fingerprint density at radius 2 is 1.71 bits per heavy atom. The van der Waals surface area contributed by atoms with Crippen molar-refractivity contribution in [1.29, 1.82) is 0 Å². The van der Waals surface area contributed by atoms with Crippen LogP contribution in [-0.4, -0.2) is 96.6 Å². The maximum atomic E-state index is 13.4. The lowest BCUT2D eigenvalue weighted by molar-refractivity contribution is -0.136. The van der Waals surface area contributed by atoms with E-state index in [2.05, 4.69) is 25.0 Å². The SMILES string of the molecule is COc1cc(-c2cn(C)c(=O)c3cnc(N4CCC4)cc23)cc(OC)c1CN1CC(N(C)c2ccc3c(c2)C(=O)N(C2CCC(=O)NC2=O)C3)C1. The molecule has 4 aliphatic heterocycles. The van der Waals surface area contributed by atoms with Gasteiger partial charge in [0.15, 0.2) is 0 Å². The number of piperidine rings is 1. The lowest BCUT2D eigenvalue weighted by Crippen LogP contribution is -2.58. The minimum absolute atomic E-state index is 0.0926. The van der Waals surface area contributed by atoms with Crippen LogP contribution in [0, 0.1) is 0 Å². The van der Waals surface area contributed by atoms with Crippen molar-refractivity contribution in [3.05, 3.63) is 75.8 Å². The normalized spacial score (nSPS) is 19.1. The third-order valence-electron chi connectivity index (χ3n) is 10.9. The molecular formula is C38H41N7O6. The first-order valence-corrected chi connectivity index (χ1v) is 17.4. The number of pyridine rings is 2. The molecule has 0 saturated carbocycles. The quantitative estimate of drug-likeness (QED) is 0.262. The Bertz CT molecular complexity index is 2130. The molecule has 4 aliphatic rings. The van der Waals surface area contributed by atoms with E-state index in [-0.39, 0.29) is 29.8 Å². The summed E-state index contributed by atoms with van der Waals surface area (Å²) in [5.41, 5.74) is 5.07. The predicted molar refractivity (Wildman–Crippen MR) is 192 cm³/mol. The number of likely N-dealkylation sites (tertiary alicyclic amines) is 1. The van der Waals surface area contributed by atoms with Gasteiger partial charge in [-0.3, -0.25) is 29.4 Å². The van der Waals surface area contributed by atoms with Crippen LogP contribution in [0.15, 0.2) is 53.6 Å². The molecule has 3 fully saturated rings. The number of nitrogens with one attached hydrogen (secondary N) is 1. The average Bonchev–Trinajstić information content (AvgIpc) is 3.41. The fourth-order valence-corrected chi connectivity index (χ4v) is 7.71. The van der Waals surface area contributed by atoms with Crippen LogP contribution in [-0.2, 0) is 29.7 Å². The second kappa shape index (κ2) is 12.7. The summed E-state index contributed by atoms with van der Waals surface area (Å²) < 4.78 is 13.5. The number of carbonyl (C=O) groups excluding carboxylic acids is 3. The van der Waals surface area contributed by atoms with E-state index in [4.69, 9.17) is 9.47 Å². The van der Waals surface area contributed by atoms with Crippen LogP contribution in [0.3, 0.4) is 0 Å². The van der Waals surface area contributed by atoms with Crippen LogP contribution in [0.2, 0.25) is 0 Å². The molecule has 0 spiro atoms. The Hall–Kier alpha value is -5.43. The summed E-state index contributed by atoms with van der Waals surface area (Å²) in [6.07, 6.45) is 5.26. The van der Waals surface area contributed by atoms with Crippen molar-refractivity contribution >= 4 is 40.0 Å². The second-order valence-corrected chi connectivity index (χ2v) is 13.9. The van der Waals surface area contributed by atoms with Gasteiger partial charge < -0.3 is 28.7 Å². The van der Waals surface area contributed by atoms with Gasteiger partial charge >= 0.3 is 0 Å². The Morgan fingerprint density at radius 3 is 2.37 bits per heavy atom. The monoisotopic (exact) mass is 691 g/mol. The maximum absolute atomic E-state index is 13.4. The van der Waals surface area contributed by atoms with Gasteiger partial charge in [-0.05, 0) is 54.3 Å². The summed E-state index contributed by atoms with van der Waals surface area (Å²) in [6, 6.07) is 11.6. The number of ether oxygens (including phenoxy) is 2. The topological polar surface area (TPSA) is 130 Å². The van der Waals surface area contributed by atoms with Gasteiger partial charge in [0, 0.05) is 94.4 Å². The van der Waals surface area contributed by atoms with Crippen molar-refractivity contribution in [2.45, 2.75) is 44.4 Å². The number of benzene rings is 2. The first kappa shape index (κ1) is 32.8. The number of carbonyl (C=O) groups is 3. The highest BCUT2D eigenvalue weighted by molar-refractivity contribution is 6.05. The standard InChI is InChI=1S/C38H41N7O6/c1-41-20-29(27-15-34(44-10-5-11-44)39-16-28(27)37(41)48)23-12-32(50-3)30(33(13-23)51-4)21-43-18-25(19-43)42(2)24-7-6-22-17-45(38(49)26(22)14-24)31-8-9-35(46)40-36(31)47/h6-7,12-16,20,25,31H,5,8-11,17-19,21H2,1-4H3,(H,40,46,47). The van der Waals surface area contributed by atoms with Gasteiger partial charge in [0.25, 0.3) is 11.5 Å². The van der Waals surface area contributed by atoms with E-state index in [1.165, 1.54) is 0 Å². The van der Waals surface area contributed by atoms with Crippen LogP contribution in [0.25, 0.3) is 21.9 Å². The molecule has 6 heterocycles. The first-order chi connectivity index (χ1) is 24.6. The van der Waals surface area contributed by atoms with Gasteiger partial charge in [0.05, 0.1) is 31.2 Å². The number of anilines is 2. The summed E-state index contributed by atoms with van der Waals surface area (Å²) in [7, 11) is 7.12. The Kier molecular flexibility index (Phi) is 8.17. The van der Waals surface area contributed by atoms with Crippen molar-refractivity contribution in [3.63, 3.8) is 0 Å². The summed E-state index contributed by atoms with van der Waals surface area (Å²) >= 11 is 0. The molecule has 0 aliphatic carbocycles. The average molecular weight is 692 g/mol. The fourth-order valence-electron chi connectivity index (χ4n) is 7.71. The number of aryl methyl sites for hydroxylation is 1. The number of methoxy groups -OCH3 is 2. The number of hydrogen-bond donors (Lipinski definition) is 1. The molecule has 2 aromatic carbocycles. The van der Waals surface area contributed by atoms with Crippen LogP contribution in [0.5, 0.6) is 11.5 Å². The number of rotatable bonds is 9. The molecule has 0 radical (unpaired) electrons. The fraction of sp³-hybridized carbons (Fsp3) is 0.395. The summed E-state index contributed by atoms with van der Waals surface area (Å²) in [4.78, 5) is 63.5. The molecule has 8 rings (SSSR count). The number of amides is 3. The molecule has 51 heavy (non-hydrogen) atoms. The van der Waals surface area contributed by atoms with Crippen molar-refractivity contribution in [3.8, 4) is 22.6 Å². The highest BCUT2D eigenvalue weighted by Gasteiger charge is 2.40. The third kappa shape index (κ3) is 5.65. The summed E-state index contributed by atoms with van der Waals surface area (Å²) in [5, 5.41) is 3.77. The Labute approximate surface area is 295 Å². The van der Waals surface area contributed by atoms with Crippen LogP contribution in [0.4, 0.5) is 11.5 Å². The van der Waals surface area contributed by atoms with E-state index in [1.807, 2.05) is 49.6 Å². The lowest BCUT2D eigenvalue weighted by atomic mass is 9.97.